The molecule has 2 amide bonds. The lowest BCUT2D eigenvalue weighted by Crippen LogP contribution is -2.24. The summed E-state index contributed by atoms with van der Waals surface area (Å²) in [5.74, 6) is -5.31. The minimum Gasteiger partial charge on any atom is -0.507 e. The smallest absolute Gasteiger partial charge is 0.337 e. The first-order valence-corrected chi connectivity index (χ1v) is 23.1. The van der Waals surface area contributed by atoms with E-state index in [4.69, 9.17) is 37.8 Å². The zero-order valence-electron chi connectivity index (χ0n) is 38.8. The van der Waals surface area contributed by atoms with Crippen LogP contribution in [-0.2, 0) is 13.1 Å². The Labute approximate surface area is 423 Å². The lowest BCUT2D eigenvalue weighted by Gasteiger charge is -2.21. The van der Waals surface area contributed by atoms with E-state index in [0.29, 0.717) is 62.1 Å². The number of aryl methyl sites for hydroxylation is 2. The van der Waals surface area contributed by atoms with Crippen LogP contribution in [0.5, 0.6) is 5.75 Å². The normalized spacial score (nSPS) is 11.7. The summed E-state index contributed by atoms with van der Waals surface area (Å²) in [6.07, 6.45) is 0. The average Bonchev–Trinajstić information content (AvgIpc) is 3.35. The number of aromatic hydroxyl groups is 1. The van der Waals surface area contributed by atoms with Gasteiger partial charge in [0.25, 0.3) is 11.8 Å². The van der Waals surface area contributed by atoms with Crippen molar-refractivity contribution in [3.05, 3.63) is 179 Å². The highest BCUT2D eigenvalue weighted by Gasteiger charge is 2.31. The standard InChI is InChI=1S/C55H40Cl2N4O12/c1-4-59-40-21-44-35(16-25(40)3)46(34-15-24(2)39(58)20-43(34)72-44)47-38(56)19-36(49(57)48(47)55(70)71)52(65)60-22-26-5-7-27(8-6-26)51(64)61-23-37-41(63)14-13-32-45(31-12-10-29(62)18-42(31)73-50(32)37)33-17-28(53(66)67)9-11-30(33)54(68)69/h5-21,63H,4,22-23,58H2,1-3H3,(H,60,65)(H,61,64)(H,66,67)(H,68,69)(H,70,71). The molecule has 0 radical (unpaired) electrons. The SMILES string of the molecule is CCN=c1cc2oc3cc(N)c(C)cc3c(-c3c(Cl)cc(C(=O)NCc4ccc(C(=O)NCc5c(O)ccc6c(-c7cc(C(=O)O)ccc7C(=O)O)c7ccc(=O)cc-7oc56)cc4)c(Cl)c3C(=O)O)c-2cc1C. The van der Waals surface area contributed by atoms with Crippen LogP contribution < -0.4 is 27.2 Å². The molecule has 2 heterocycles. The van der Waals surface area contributed by atoms with E-state index in [0.717, 1.165) is 17.7 Å². The highest BCUT2D eigenvalue weighted by Crippen LogP contribution is 2.48. The Morgan fingerprint density at radius 1 is 0.644 bits per heavy atom. The number of carbonyl (C=O) groups is 5. The van der Waals surface area contributed by atoms with Gasteiger partial charge in [-0.05, 0) is 116 Å². The number of phenolic OH excluding ortho intramolecular Hbond substituents is 1. The predicted molar refractivity (Wildman–Crippen MR) is 274 cm³/mol. The molecule has 0 bridgehead atoms. The zero-order chi connectivity index (χ0) is 52.2. The monoisotopic (exact) mass is 1020 g/mol. The van der Waals surface area contributed by atoms with Gasteiger partial charge in [-0.2, -0.15) is 0 Å². The Morgan fingerprint density at radius 3 is 2.05 bits per heavy atom. The summed E-state index contributed by atoms with van der Waals surface area (Å²) in [6, 6.07) is 24.6. The number of carbonyl (C=O) groups excluding carboxylic acids is 2. The number of hydrogen-bond donors (Lipinski definition) is 7. The summed E-state index contributed by atoms with van der Waals surface area (Å²) in [7, 11) is 0. The Kier molecular flexibility index (Phi) is 13.0. The third kappa shape index (κ3) is 9.05. The van der Waals surface area contributed by atoms with Crippen molar-refractivity contribution in [3.8, 4) is 50.7 Å². The van der Waals surface area contributed by atoms with Gasteiger partial charge in [0.1, 0.15) is 28.4 Å². The molecule has 73 heavy (non-hydrogen) atoms. The zero-order valence-corrected chi connectivity index (χ0v) is 40.3. The van der Waals surface area contributed by atoms with Gasteiger partial charge in [-0.15, -0.1) is 0 Å². The van der Waals surface area contributed by atoms with Crippen LogP contribution >= 0.6 is 23.2 Å². The molecule has 2 aliphatic heterocycles. The van der Waals surface area contributed by atoms with E-state index < -0.39 is 40.7 Å². The summed E-state index contributed by atoms with van der Waals surface area (Å²) in [5, 5.41) is 48.2. The van der Waals surface area contributed by atoms with Gasteiger partial charge >= 0.3 is 17.9 Å². The Balaban J connectivity index is 0.982. The van der Waals surface area contributed by atoms with Gasteiger partial charge in [-0.1, -0.05) is 35.3 Å². The number of hydrogen-bond acceptors (Lipinski definition) is 11. The highest BCUT2D eigenvalue weighted by molar-refractivity contribution is 6.41. The fourth-order valence-corrected chi connectivity index (χ4v) is 9.50. The molecule has 5 aromatic rings. The number of nitrogens with two attached hydrogens (primary N) is 1. The van der Waals surface area contributed by atoms with Gasteiger partial charge < -0.3 is 45.6 Å². The predicted octanol–water partition coefficient (Wildman–Crippen LogP) is 10.2. The van der Waals surface area contributed by atoms with Gasteiger partial charge in [0.15, 0.2) is 5.43 Å². The molecule has 2 aliphatic carbocycles. The Bertz CT molecular complexity index is 3920. The fourth-order valence-electron chi connectivity index (χ4n) is 8.88. The first-order valence-electron chi connectivity index (χ1n) is 22.4. The van der Waals surface area contributed by atoms with Gasteiger partial charge in [-0.3, -0.25) is 19.4 Å². The van der Waals surface area contributed by atoms with Gasteiger partial charge in [0, 0.05) is 81.1 Å². The molecule has 0 spiro atoms. The number of nitrogens with one attached hydrogen (secondary N) is 2. The van der Waals surface area contributed by atoms with Crippen LogP contribution in [0.1, 0.15) is 81.0 Å². The first-order chi connectivity index (χ1) is 34.8. The van der Waals surface area contributed by atoms with Crippen LogP contribution in [0.4, 0.5) is 5.69 Å². The fraction of sp³-hybridized carbons (Fsp3) is 0.109. The van der Waals surface area contributed by atoms with E-state index in [1.807, 2.05) is 19.9 Å². The van der Waals surface area contributed by atoms with E-state index >= 15 is 0 Å². The van der Waals surface area contributed by atoms with Crippen LogP contribution in [0.2, 0.25) is 10.0 Å². The number of fused-ring (bicyclic) bond motifs is 4. The van der Waals surface area contributed by atoms with Crippen molar-refractivity contribution in [2.24, 2.45) is 4.99 Å². The van der Waals surface area contributed by atoms with Gasteiger partial charge in [0.2, 0.25) is 0 Å². The third-order valence-corrected chi connectivity index (χ3v) is 13.2. The number of halogens is 2. The molecule has 0 fully saturated rings. The maximum Gasteiger partial charge on any atom is 0.337 e. The number of carboxylic acid groups (broad SMARTS) is 3. The number of rotatable bonds is 12. The molecular formula is C55H40Cl2N4O12. The second-order valence-corrected chi connectivity index (χ2v) is 17.9. The maximum atomic E-state index is 13.8. The maximum absolute atomic E-state index is 13.8. The summed E-state index contributed by atoms with van der Waals surface area (Å²) in [6.45, 7) is 5.70. The molecule has 0 atom stereocenters. The summed E-state index contributed by atoms with van der Waals surface area (Å²) < 4.78 is 12.5. The molecule has 0 aromatic heterocycles. The summed E-state index contributed by atoms with van der Waals surface area (Å²) in [4.78, 5) is 82.0. The van der Waals surface area contributed by atoms with Gasteiger partial charge in [-0.25, -0.2) is 14.4 Å². The molecule has 8 N–H and O–H groups in total. The van der Waals surface area contributed by atoms with Crippen molar-refractivity contribution in [2.75, 3.05) is 12.3 Å². The van der Waals surface area contributed by atoms with Crippen LogP contribution in [-0.4, -0.2) is 56.7 Å². The molecule has 0 saturated carbocycles. The van der Waals surface area contributed by atoms with Crippen LogP contribution in [0.3, 0.4) is 0 Å². The average molecular weight is 1020 g/mol. The lowest BCUT2D eigenvalue weighted by molar-refractivity contribution is 0.0682. The highest BCUT2D eigenvalue weighted by atomic mass is 35.5. The van der Waals surface area contributed by atoms with Crippen molar-refractivity contribution in [1.29, 1.82) is 0 Å². The Hall–Kier alpha value is -8.99. The second kappa shape index (κ2) is 19.3. The van der Waals surface area contributed by atoms with E-state index in [-0.39, 0.29) is 90.1 Å². The summed E-state index contributed by atoms with van der Waals surface area (Å²) >= 11 is 13.9. The molecule has 4 aliphatic rings. The largest absolute Gasteiger partial charge is 0.507 e. The number of nitrogen functional groups attached to an aromatic ring is 1. The first kappa shape index (κ1) is 49.0. The Morgan fingerprint density at radius 2 is 1.36 bits per heavy atom. The molecule has 366 valence electrons. The van der Waals surface area contributed by atoms with Crippen LogP contribution in [0.25, 0.3) is 66.8 Å². The number of nitrogens with zero attached hydrogens (tertiary/aromatic N) is 1. The van der Waals surface area contributed by atoms with E-state index in [2.05, 4.69) is 15.6 Å². The quantitative estimate of drug-likeness (QED) is 0.0444. The third-order valence-electron chi connectivity index (χ3n) is 12.5. The molecular weight excluding hydrogens is 980 g/mol. The minimum absolute atomic E-state index is 0.00518. The molecule has 9 rings (SSSR count). The van der Waals surface area contributed by atoms with Crippen molar-refractivity contribution >= 4 is 80.6 Å². The summed E-state index contributed by atoms with van der Waals surface area (Å²) in [5.41, 5.74) is 9.43. The number of aromatic carboxylic acids is 3. The van der Waals surface area contributed by atoms with Crippen molar-refractivity contribution in [3.63, 3.8) is 0 Å². The molecule has 16 nitrogen and oxygen atoms in total. The molecule has 0 saturated heterocycles. The topological polar surface area (TPSA) is 272 Å². The van der Waals surface area contributed by atoms with Crippen molar-refractivity contribution in [2.45, 2.75) is 33.9 Å². The van der Waals surface area contributed by atoms with Gasteiger partial charge in [0.05, 0.1) is 49.8 Å². The van der Waals surface area contributed by atoms with E-state index in [1.54, 1.807) is 37.3 Å². The minimum atomic E-state index is -1.44. The number of amides is 2. The van der Waals surface area contributed by atoms with E-state index in [9.17, 15) is 49.2 Å². The lowest BCUT2D eigenvalue weighted by atomic mass is 9.88. The van der Waals surface area contributed by atoms with Crippen molar-refractivity contribution in [1.82, 2.24) is 10.6 Å². The second-order valence-electron chi connectivity index (χ2n) is 17.1. The number of anilines is 1. The molecule has 18 heteroatoms. The van der Waals surface area contributed by atoms with Crippen LogP contribution in [0.15, 0.2) is 122 Å². The van der Waals surface area contributed by atoms with Crippen molar-refractivity contribution < 1.29 is 53.2 Å². The molecule has 5 aromatic carbocycles. The molecule has 0 unspecified atom stereocenters. The van der Waals surface area contributed by atoms with E-state index in [1.165, 1.54) is 54.6 Å². The van der Waals surface area contributed by atoms with Crippen LogP contribution in [0, 0.1) is 13.8 Å². The number of carboxylic acids is 3. The number of phenols is 1. The number of benzene rings is 7.